The first-order valence-electron chi connectivity index (χ1n) is 10.2. The van der Waals surface area contributed by atoms with Crippen LogP contribution in [0.2, 0.25) is 4.34 Å². The topological polar surface area (TPSA) is 88.9 Å². The molecule has 0 unspecified atom stereocenters. The molecule has 5 rings (SSSR count). The van der Waals surface area contributed by atoms with Crippen molar-refractivity contribution in [2.24, 2.45) is 0 Å². The zero-order valence-electron chi connectivity index (χ0n) is 17.2. The average molecular weight is 494 g/mol. The molecule has 1 aliphatic heterocycles. The number of aromatic nitrogens is 3. The fourth-order valence-corrected chi connectivity index (χ4v) is 6.54. The van der Waals surface area contributed by atoms with Crippen molar-refractivity contribution < 1.29 is 12.8 Å². The molecule has 0 radical (unpaired) electrons. The molecule has 0 saturated heterocycles. The van der Waals surface area contributed by atoms with E-state index < -0.39 is 15.9 Å². The summed E-state index contributed by atoms with van der Waals surface area (Å²) in [6.07, 6.45) is 3.95. The summed E-state index contributed by atoms with van der Waals surface area (Å²) in [4.78, 5) is 3.60. The summed E-state index contributed by atoms with van der Waals surface area (Å²) in [6, 6.07) is 6.24. The van der Waals surface area contributed by atoms with Crippen molar-refractivity contribution >= 4 is 38.1 Å². The fourth-order valence-electron chi connectivity index (χ4n) is 4.27. The summed E-state index contributed by atoms with van der Waals surface area (Å²) in [5, 5.41) is 8.13. The smallest absolute Gasteiger partial charge is 0.262 e. The van der Waals surface area contributed by atoms with E-state index in [1.165, 1.54) is 17.3 Å². The molecule has 0 spiro atoms. The van der Waals surface area contributed by atoms with E-state index in [0.717, 1.165) is 36.4 Å². The van der Waals surface area contributed by atoms with Gasteiger partial charge in [0.1, 0.15) is 15.1 Å². The number of thiazole rings is 1. The van der Waals surface area contributed by atoms with Gasteiger partial charge >= 0.3 is 0 Å². The molecular formula is C21H21ClFN5O2S2. The number of halogens is 2. The van der Waals surface area contributed by atoms with Crippen LogP contribution in [0.5, 0.6) is 0 Å². The van der Waals surface area contributed by atoms with Crippen molar-refractivity contribution in [1.29, 1.82) is 0 Å². The Labute approximate surface area is 194 Å². The third kappa shape index (κ3) is 3.96. The SMILES string of the molecule is C[C@H](c1cccc2c1CNCC2)n1cc2c(n1)CC(F)=C(S(=O)(=O)Nc1ncc(Cl)s1)C2. The van der Waals surface area contributed by atoms with Crippen LogP contribution in [-0.2, 0) is 35.8 Å². The van der Waals surface area contributed by atoms with E-state index in [4.69, 9.17) is 11.6 Å². The molecule has 2 aliphatic rings. The molecule has 1 aromatic carbocycles. The van der Waals surface area contributed by atoms with Gasteiger partial charge in [0.2, 0.25) is 0 Å². The highest BCUT2D eigenvalue weighted by atomic mass is 35.5. The van der Waals surface area contributed by atoms with Crippen LogP contribution in [0.25, 0.3) is 0 Å². The van der Waals surface area contributed by atoms with Crippen molar-refractivity contribution in [2.75, 3.05) is 11.3 Å². The molecule has 0 amide bonds. The van der Waals surface area contributed by atoms with Gasteiger partial charge in [0.05, 0.1) is 17.9 Å². The number of sulfonamides is 1. The molecule has 7 nitrogen and oxygen atoms in total. The number of anilines is 1. The van der Waals surface area contributed by atoms with Gasteiger partial charge in [-0.15, -0.1) is 0 Å². The summed E-state index contributed by atoms with van der Waals surface area (Å²) >= 11 is 6.80. The lowest BCUT2D eigenvalue weighted by Crippen LogP contribution is -2.26. The molecule has 0 saturated carbocycles. The lowest BCUT2D eigenvalue weighted by Gasteiger charge is -2.23. The maximum Gasteiger partial charge on any atom is 0.262 e. The van der Waals surface area contributed by atoms with Crippen LogP contribution < -0.4 is 10.0 Å². The van der Waals surface area contributed by atoms with E-state index in [-0.39, 0.29) is 28.9 Å². The normalized spacial score (nSPS) is 17.1. The maximum atomic E-state index is 14.8. The van der Waals surface area contributed by atoms with Gasteiger partial charge in [-0.1, -0.05) is 41.1 Å². The largest absolute Gasteiger partial charge is 0.312 e. The highest BCUT2D eigenvalue weighted by Crippen LogP contribution is 2.33. The summed E-state index contributed by atoms with van der Waals surface area (Å²) in [5.74, 6) is -0.702. The van der Waals surface area contributed by atoms with Crippen molar-refractivity contribution in [1.82, 2.24) is 20.1 Å². The van der Waals surface area contributed by atoms with Crippen LogP contribution in [0.4, 0.5) is 9.52 Å². The molecule has 2 aromatic heterocycles. The van der Waals surface area contributed by atoms with Gasteiger partial charge < -0.3 is 5.32 Å². The van der Waals surface area contributed by atoms with Gasteiger partial charge in [0.25, 0.3) is 10.0 Å². The minimum absolute atomic E-state index is 0.0588. The monoisotopic (exact) mass is 493 g/mol. The van der Waals surface area contributed by atoms with Gasteiger partial charge in [-0.3, -0.25) is 9.40 Å². The minimum atomic E-state index is -4.09. The molecule has 3 aromatic rings. The number of nitrogens with one attached hydrogen (secondary N) is 2. The van der Waals surface area contributed by atoms with Crippen LogP contribution in [0.3, 0.4) is 0 Å². The second-order valence-corrected chi connectivity index (χ2v) is 11.3. The van der Waals surface area contributed by atoms with Gasteiger partial charge in [-0.05, 0) is 42.1 Å². The third-order valence-electron chi connectivity index (χ3n) is 5.92. The molecule has 2 N–H and O–H groups in total. The highest BCUT2D eigenvalue weighted by molar-refractivity contribution is 7.96. The van der Waals surface area contributed by atoms with Crippen LogP contribution in [0.15, 0.2) is 41.3 Å². The number of hydrogen-bond acceptors (Lipinski definition) is 6. The lowest BCUT2D eigenvalue weighted by molar-refractivity contribution is 0.536. The van der Waals surface area contributed by atoms with E-state index in [1.54, 1.807) is 0 Å². The van der Waals surface area contributed by atoms with E-state index in [1.807, 2.05) is 10.9 Å². The Morgan fingerprint density at radius 2 is 2.16 bits per heavy atom. The Bertz CT molecular complexity index is 1330. The van der Waals surface area contributed by atoms with Gasteiger partial charge in [-0.2, -0.15) is 5.10 Å². The van der Waals surface area contributed by atoms with Crippen LogP contribution in [0.1, 0.15) is 40.9 Å². The summed E-state index contributed by atoms with van der Waals surface area (Å²) < 4.78 is 44.9. The summed E-state index contributed by atoms with van der Waals surface area (Å²) in [5.41, 5.74) is 5.04. The first-order valence-corrected chi connectivity index (χ1v) is 12.9. The summed E-state index contributed by atoms with van der Waals surface area (Å²) in [7, 11) is -4.09. The molecule has 11 heteroatoms. The number of fused-ring (bicyclic) bond motifs is 2. The fraction of sp³-hybridized carbons (Fsp3) is 0.333. The Morgan fingerprint density at radius 1 is 1.31 bits per heavy atom. The quantitative estimate of drug-likeness (QED) is 0.561. The van der Waals surface area contributed by atoms with Gasteiger partial charge in [0.15, 0.2) is 5.13 Å². The van der Waals surface area contributed by atoms with E-state index in [9.17, 15) is 12.8 Å². The van der Waals surface area contributed by atoms with E-state index in [2.05, 4.69) is 45.2 Å². The van der Waals surface area contributed by atoms with Crippen LogP contribution >= 0.6 is 22.9 Å². The second-order valence-electron chi connectivity index (χ2n) is 7.93. The second kappa shape index (κ2) is 8.26. The van der Waals surface area contributed by atoms with Crippen LogP contribution in [-0.4, -0.2) is 29.7 Å². The van der Waals surface area contributed by atoms with E-state index in [0.29, 0.717) is 15.6 Å². The standard InChI is InChI=1S/C21H21ClFN5O2S2/c1-12(15-4-2-3-13-5-6-24-9-16(13)15)28-11-14-7-19(17(23)8-18(14)26-28)32(29,30)27-21-25-10-20(22)31-21/h2-4,10-12,24H,5-9H2,1H3,(H,25,27)/t12-/m1/s1. The van der Waals surface area contributed by atoms with Crippen LogP contribution in [0, 0.1) is 0 Å². The number of allylic oxidation sites excluding steroid dienone is 2. The van der Waals surface area contributed by atoms with Gasteiger partial charge in [-0.25, -0.2) is 17.8 Å². The Hall–Kier alpha value is -2.27. The lowest BCUT2D eigenvalue weighted by atomic mass is 9.92. The molecule has 1 aliphatic carbocycles. The number of benzene rings is 1. The maximum absolute atomic E-state index is 14.8. The molecule has 0 bridgehead atoms. The first-order chi connectivity index (χ1) is 15.3. The predicted molar refractivity (Wildman–Crippen MR) is 123 cm³/mol. The highest BCUT2D eigenvalue weighted by Gasteiger charge is 2.31. The minimum Gasteiger partial charge on any atom is -0.312 e. The Kier molecular flexibility index (Phi) is 5.56. The number of nitrogens with zero attached hydrogens (tertiary/aromatic N) is 3. The molecule has 168 valence electrons. The number of rotatable bonds is 5. The van der Waals surface area contributed by atoms with Crippen molar-refractivity contribution in [3.8, 4) is 0 Å². The molecule has 32 heavy (non-hydrogen) atoms. The number of hydrogen-bond donors (Lipinski definition) is 2. The Morgan fingerprint density at radius 3 is 2.94 bits per heavy atom. The predicted octanol–water partition coefficient (Wildman–Crippen LogP) is 3.97. The van der Waals surface area contributed by atoms with Crippen molar-refractivity contribution in [2.45, 2.75) is 38.8 Å². The average Bonchev–Trinajstić information content (AvgIpc) is 3.37. The third-order valence-corrected chi connectivity index (χ3v) is 8.56. The zero-order valence-corrected chi connectivity index (χ0v) is 19.6. The molecule has 3 heterocycles. The van der Waals surface area contributed by atoms with Crippen molar-refractivity contribution in [3.63, 3.8) is 0 Å². The first kappa shape index (κ1) is 21.6. The Balaban J connectivity index is 1.41. The molecule has 1 atom stereocenters. The van der Waals surface area contributed by atoms with Crippen molar-refractivity contribution in [3.05, 3.63) is 73.6 Å². The summed E-state index contributed by atoms with van der Waals surface area (Å²) in [6.45, 7) is 3.82. The molecular weight excluding hydrogens is 473 g/mol. The van der Waals surface area contributed by atoms with E-state index >= 15 is 0 Å². The molecule has 0 fully saturated rings. The zero-order chi connectivity index (χ0) is 22.5. The van der Waals surface area contributed by atoms with Gasteiger partial charge in [0, 0.05) is 25.6 Å².